The number of benzene rings is 1. The van der Waals surface area contributed by atoms with Crippen LogP contribution in [0.5, 0.6) is 11.5 Å². The number of sulfonamides is 1. The summed E-state index contributed by atoms with van der Waals surface area (Å²) in [5, 5.41) is 9.13. The molecule has 2 aromatic rings. The van der Waals surface area contributed by atoms with E-state index in [1.165, 1.54) is 12.3 Å². The second-order valence-corrected chi connectivity index (χ2v) is 6.29. The molecule has 3 rings (SSSR count). The van der Waals surface area contributed by atoms with E-state index in [1.54, 1.807) is 29.8 Å². The summed E-state index contributed by atoms with van der Waals surface area (Å²) in [6.45, 7) is -0.0971. The van der Waals surface area contributed by atoms with Crippen LogP contribution in [0, 0.1) is 0 Å². The van der Waals surface area contributed by atoms with Crippen LogP contribution in [-0.4, -0.2) is 24.9 Å². The number of hydrogen-bond donors (Lipinski definition) is 2. The molecule has 7 nitrogen and oxygen atoms in total. The predicted octanol–water partition coefficient (Wildman–Crippen LogP) is 1.05. The number of nitrogens with one attached hydrogen (secondary N) is 1. The number of aliphatic hydroxyl groups excluding tert-OH is 1. The Morgan fingerprint density at radius 2 is 2.05 bits per heavy atom. The van der Waals surface area contributed by atoms with E-state index in [0.29, 0.717) is 22.9 Å². The van der Waals surface area contributed by atoms with Gasteiger partial charge in [-0.1, -0.05) is 0 Å². The van der Waals surface area contributed by atoms with Crippen LogP contribution in [0.15, 0.2) is 35.4 Å². The fourth-order valence-corrected chi connectivity index (χ4v) is 3.20. The van der Waals surface area contributed by atoms with Crippen molar-refractivity contribution in [2.24, 2.45) is 7.05 Å². The van der Waals surface area contributed by atoms with Crippen LogP contribution in [0.3, 0.4) is 0 Å². The molecule has 0 spiro atoms. The van der Waals surface area contributed by atoms with Crippen LogP contribution < -0.4 is 14.2 Å². The molecule has 0 fully saturated rings. The number of fused-ring (bicyclic) bond motifs is 1. The minimum Gasteiger partial charge on any atom is -0.454 e. The van der Waals surface area contributed by atoms with Crippen LogP contribution in [0.1, 0.15) is 5.69 Å². The Hall–Kier alpha value is -2.19. The SMILES string of the molecule is Cn1cc(S(=O)(=O)Nc2ccc3c(c2)OCO3)cc1CO. The summed E-state index contributed by atoms with van der Waals surface area (Å²) in [5.74, 6) is 1.08. The summed E-state index contributed by atoms with van der Waals surface area (Å²) < 4.78 is 39.0. The Morgan fingerprint density at radius 1 is 1.29 bits per heavy atom. The summed E-state index contributed by atoms with van der Waals surface area (Å²) in [6, 6.07) is 6.23. The van der Waals surface area contributed by atoms with Crippen molar-refractivity contribution in [1.29, 1.82) is 0 Å². The minimum atomic E-state index is -3.72. The lowest BCUT2D eigenvalue weighted by atomic mass is 10.3. The summed E-state index contributed by atoms with van der Waals surface area (Å²) in [5.41, 5.74) is 0.898. The molecule has 0 aliphatic carbocycles. The Bertz CT molecular complexity index is 782. The molecule has 0 radical (unpaired) electrons. The maximum Gasteiger partial charge on any atom is 0.263 e. The highest BCUT2D eigenvalue weighted by Crippen LogP contribution is 2.34. The third kappa shape index (κ3) is 2.55. The zero-order valence-corrected chi connectivity index (χ0v) is 12.1. The Morgan fingerprint density at radius 3 is 2.76 bits per heavy atom. The smallest absolute Gasteiger partial charge is 0.263 e. The first kappa shape index (κ1) is 13.8. The van der Waals surface area contributed by atoms with Gasteiger partial charge in [0.2, 0.25) is 6.79 Å². The second-order valence-electron chi connectivity index (χ2n) is 4.61. The predicted molar refractivity (Wildman–Crippen MR) is 74.7 cm³/mol. The van der Waals surface area contributed by atoms with E-state index in [-0.39, 0.29) is 18.3 Å². The zero-order valence-electron chi connectivity index (χ0n) is 11.2. The Kier molecular flexibility index (Phi) is 3.26. The Balaban J connectivity index is 1.88. The van der Waals surface area contributed by atoms with Crippen molar-refractivity contribution in [3.8, 4) is 11.5 Å². The standard InChI is InChI=1S/C13H14N2O5S/c1-15-6-11(5-10(15)7-16)21(17,18)14-9-2-3-12-13(4-9)20-8-19-12/h2-6,14,16H,7-8H2,1H3. The summed E-state index contributed by atoms with van der Waals surface area (Å²) >= 11 is 0. The van der Waals surface area contributed by atoms with Crippen molar-refractivity contribution in [1.82, 2.24) is 4.57 Å². The molecule has 2 N–H and O–H groups in total. The van der Waals surface area contributed by atoms with E-state index in [0.717, 1.165) is 0 Å². The highest BCUT2D eigenvalue weighted by atomic mass is 32.2. The van der Waals surface area contributed by atoms with Crippen molar-refractivity contribution < 1.29 is 23.0 Å². The van der Waals surface area contributed by atoms with E-state index >= 15 is 0 Å². The van der Waals surface area contributed by atoms with Crippen molar-refractivity contribution in [3.63, 3.8) is 0 Å². The molecule has 112 valence electrons. The molecule has 0 saturated carbocycles. The molecule has 0 amide bonds. The number of anilines is 1. The molecule has 0 saturated heterocycles. The lowest BCUT2D eigenvalue weighted by molar-refractivity contribution is 0.174. The van der Waals surface area contributed by atoms with Crippen molar-refractivity contribution in [2.75, 3.05) is 11.5 Å². The number of aromatic nitrogens is 1. The van der Waals surface area contributed by atoms with Gasteiger partial charge in [-0.3, -0.25) is 4.72 Å². The molecule has 1 aliphatic heterocycles. The molecule has 0 unspecified atom stereocenters. The molecule has 0 atom stereocenters. The average molecular weight is 310 g/mol. The zero-order chi connectivity index (χ0) is 15.0. The first-order valence-electron chi connectivity index (χ1n) is 6.18. The van der Waals surface area contributed by atoms with Crippen molar-refractivity contribution in [3.05, 3.63) is 36.2 Å². The topological polar surface area (TPSA) is 89.8 Å². The molecule has 1 aromatic heterocycles. The van der Waals surface area contributed by atoms with Gasteiger partial charge in [0.15, 0.2) is 11.5 Å². The van der Waals surface area contributed by atoms with E-state index in [2.05, 4.69) is 4.72 Å². The summed E-state index contributed by atoms with van der Waals surface area (Å²) in [4.78, 5) is 0.0896. The number of nitrogens with zero attached hydrogens (tertiary/aromatic N) is 1. The Labute approximate surface area is 121 Å². The van der Waals surface area contributed by atoms with Gasteiger partial charge in [0.1, 0.15) is 4.90 Å². The van der Waals surface area contributed by atoms with E-state index in [9.17, 15) is 8.42 Å². The number of ether oxygens (including phenoxy) is 2. The normalized spacial score (nSPS) is 13.4. The minimum absolute atomic E-state index is 0.0896. The maximum absolute atomic E-state index is 12.3. The lowest BCUT2D eigenvalue weighted by Crippen LogP contribution is -2.12. The third-order valence-corrected chi connectivity index (χ3v) is 4.53. The maximum atomic E-state index is 12.3. The highest BCUT2D eigenvalue weighted by Gasteiger charge is 2.19. The van der Waals surface area contributed by atoms with Gasteiger partial charge in [-0.05, 0) is 18.2 Å². The first-order chi connectivity index (χ1) is 9.99. The molecule has 8 heteroatoms. The van der Waals surface area contributed by atoms with Crippen LogP contribution in [0.25, 0.3) is 0 Å². The van der Waals surface area contributed by atoms with Crippen LogP contribution in [0.4, 0.5) is 5.69 Å². The van der Waals surface area contributed by atoms with Crippen LogP contribution in [-0.2, 0) is 23.7 Å². The van der Waals surface area contributed by atoms with Crippen LogP contribution in [0.2, 0.25) is 0 Å². The molecular formula is C13H14N2O5S. The summed E-state index contributed by atoms with van der Waals surface area (Å²) in [6.07, 6.45) is 1.45. The van der Waals surface area contributed by atoms with Gasteiger partial charge in [-0.2, -0.15) is 0 Å². The summed E-state index contributed by atoms with van der Waals surface area (Å²) in [7, 11) is -2.05. The van der Waals surface area contributed by atoms with E-state index < -0.39 is 10.0 Å². The van der Waals surface area contributed by atoms with Crippen LogP contribution >= 0.6 is 0 Å². The highest BCUT2D eigenvalue weighted by molar-refractivity contribution is 7.92. The molecule has 1 aliphatic rings. The van der Waals surface area contributed by atoms with Gasteiger partial charge in [0.05, 0.1) is 12.3 Å². The lowest BCUT2D eigenvalue weighted by Gasteiger charge is -2.07. The molecule has 2 heterocycles. The number of hydrogen-bond acceptors (Lipinski definition) is 5. The quantitative estimate of drug-likeness (QED) is 0.881. The molecule has 1 aromatic carbocycles. The number of rotatable bonds is 4. The van der Waals surface area contributed by atoms with Gasteiger partial charge in [0.25, 0.3) is 10.0 Å². The first-order valence-corrected chi connectivity index (χ1v) is 7.66. The van der Waals surface area contributed by atoms with Gasteiger partial charge < -0.3 is 19.1 Å². The monoisotopic (exact) mass is 310 g/mol. The van der Waals surface area contributed by atoms with Gasteiger partial charge in [-0.25, -0.2) is 8.42 Å². The second kappa shape index (κ2) is 4.97. The van der Waals surface area contributed by atoms with Crippen molar-refractivity contribution in [2.45, 2.75) is 11.5 Å². The largest absolute Gasteiger partial charge is 0.454 e. The molecule has 21 heavy (non-hydrogen) atoms. The molecule has 0 bridgehead atoms. The van der Waals surface area contributed by atoms with Gasteiger partial charge in [-0.15, -0.1) is 0 Å². The fraction of sp³-hybridized carbons (Fsp3) is 0.231. The van der Waals surface area contributed by atoms with E-state index in [4.69, 9.17) is 14.6 Å². The van der Waals surface area contributed by atoms with E-state index in [1.807, 2.05) is 0 Å². The fourth-order valence-electron chi connectivity index (χ4n) is 2.06. The van der Waals surface area contributed by atoms with Gasteiger partial charge in [0, 0.05) is 25.0 Å². The molecular weight excluding hydrogens is 296 g/mol. The third-order valence-electron chi connectivity index (χ3n) is 3.18. The average Bonchev–Trinajstić information content (AvgIpc) is 3.04. The van der Waals surface area contributed by atoms with Crippen molar-refractivity contribution >= 4 is 15.7 Å². The number of aliphatic hydroxyl groups is 1. The number of aryl methyl sites for hydroxylation is 1. The van der Waals surface area contributed by atoms with Gasteiger partial charge >= 0.3 is 0 Å².